The number of sulfonamides is 1. The second-order valence-electron chi connectivity index (χ2n) is 6.43. The minimum atomic E-state index is -3.81. The van der Waals surface area contributed by atoms with Crippen molar-refractivity contribution in [1.29, 1.82) is 5.26 Å². The van der Waals surface area contributed by atoms with Crippen LogP contribution < -0.4 is 21.7 Å². The fraction of sp³-hybridized carbons (Fsp3) is 0.0500. The Labute approximate surface area is 183 Å². The molecule has 11 heteroatoms. The molecule has 0 unspecified atom stereocenters. The molecule has 1 heterocycles. The summed E-state index contributed by atoms with van der Waals surface area (Å²) in [5.41, 5.74) is 11.4. The molecular weight excluding hydrogens is 440 g/mol. The summed E-state index contributed by atoms with van der Waals surface area (Å²) >= 11 is 6.27. The van der Waals surface area contributed by atoms with E-state index >= 15 is 0 Å². The number of halogens is 1. The van der Waals surface area contributed by atoms with Crippen LogP contribution in [-0.4, -0.2) is 18.8 Å². The molecule has 0 radical (unpaired) electrons. The van der Waals surface area contributed by atoms with Gasteiger partial charge in [0.15, 0.2) is 0 Å². The number of hydrogen-bond acceptors (Lipinski definition) is 7. The number of nitrogens with zero attached hydrogens (tertiary/aromatic N) is 3. The highest BCUT2D eigenvalue weighted by Gasteiger charge is 2.16. The Kier molecular flexibility index (Phi) is 6.01. The normalized spacial score (nSPS) is 11.7. The number of hydrogen-bond donors (Lipinski definition) is 3. The molecule has 0 saturated heterocycles. The predicted octanol–water partition coefficient (Wildman–Crippen LogP) is 2.61. The number of nitrogens with two attached hydrogens (primary N) is 2. The zero-order valence-electron chi connectivity index (χ0n) is 16.2. The second kappa shape index (κ2) is 8.51. The quantitative estimate of drug-likeness (QED) is 0.501. The zero-order valence-corrected chi connectivity index (χ0v) is 17.8. The summed E-state index contributed by atoms with van der Waals surface area (Å²) in [5, 5.41) is 13.4. The van der Waals surface area contributed by atoms with Gasteiger partial charge >= 0.3 is 0 Å². The Morgan fingerprint density at radius 1 is 1.16 bits per heavy atom. The number of pyridine rings is 1. The summed E-state index contributed by atoms with van der Waals surface area (Å²) < 4.78 is 28.3. The highest BCUT2D eigenvalue weighted by molar-refractivity contribution is 7.92. The lowest BCUT2D eigenvalue weighted by molar-refractivity contribution is 0.601. The number of rotatable bonds is 5. The van der Waals surface area contributed by atoms with Crippen molar-refractivity contribution in [2.24, 2.45) is 5.10 Å². The van der Waals surface area contributed by atoms with E-state index < -0.39 is 15.6 Å². The lowest BCUT2D eigenvalue weighted by Crippen LogP contribution is -2.24. The van der Waals surface area contributed by atoms with Crippen molar-refractivity contribution in [3.63, 3.8) is 0 Å². The van der Waals surface area contributed by atoms with Crippen LogP contribution in [0.25, 0.3) is 0 Å². The van der Waals surface area contributed by atoms with E-state index in [9.17, 15) is 13.2 Å². The average molecular weight is 457 g/mol. The summed E-state index contributed by atoms with van der Waals surface area (Å²) in [5.74, 6) is -0.0424. The van der Waals surface area contributed by atoms with Crippen LogP contribution in [0.15, 0.2) is 69.4 Å². The largest absolute Gasteiger partial charge is 0.397 e. The van der Waals surface area contributed by atoms with Crippen LogP contribution >= 0.6 is 11.6 Å². The van der Waals surface area contributed by atoms with Gasteiger partial charge in [0.1, 0.15) is 17.5 Å². The molecule has 0 amide bonds. The Morgan fingerprint density at radius 2 is 1.84 bits per heavy atom. The van der Waals surface area contributed by atoms with Gasteiger partial charge in [0, 0.05) is 6.07 Å². The Hall–Kier alpha value is -3.81. The van der Waals surface area contributed by atoms with E-state index in [0.717, 1.165) is 4.68 Å². The molecule has 0 aliphatic heterocycles. The van der Waals surface area contributed by atoms with Crippen molar-refractivity contribution >= 4 is 44.5 Å². The van der Waals surface area contributed by atoms with Crippen LogP contribution in [0.2, 0.25) is 5.02 Å². The lowest BCUT2D eigenvalue weighted by atomic mass is 10.1. The molecule has 0 saturated carbocycles. The smallest absolute Gasteiger partial charge is 0.292 e. The molecule has 31 heavy (non-hydrogen) atoms. The first-order valence-electron chi connectivity index (χ1n) is 8.78. The standard InChI is InChI=1S/C20H17ClN6O3S/c1-12(25-27-19(24)10-17(23)15(11-22)20(27)28)13-7-8-18(16(21)9-13)26-31(29,30)14-5-3-2-4-6-14/h2-10,26H,23-24H2,1H3/b25-12+. The van der Waals surface area contributed by atoms with Crippen LogP contribution in [0.5, 0.6) is 0 Å². The maximum atomic E-state index is 12.5. The van der Waals surface area contributed by atoms with Crippen molar-refractivity contribution in [3.8, 4) is 6.07 Å². The fourth-order valence-corrected chi connectivity index (χ4v) is 4.07. The molecule has 0 aliphatic carbocycles. The summed E-state index contributed by atoms with van der Waals surface area (Å²) in [6.07, 6.45) is 0. The topological polar surface area (TPSA) is 156 Å². The van der Waals surface area contributed by atoms with Crippen LogP contribution in [-0.2, 0) is 10.0 Å². The van der Waals surface area contributed by atoms with Gasteiger partial charge < -0.3 is 11.5 Å². The van der Waals surface area contributed by atoms with Crippen LogP contribution in [0.1, 0.15) is 18.1 Å². The lowest BCUT2D eigenvalue weighted by Gasteiger charge is -2.12. The van der Waals surface area contributed by atoms with E-state index in [0.29, 0.717) is 11.3 Å². The van der Waals surface area contributed by atoms with E-state index in [4.69, 9.17) is 28.3 Å². The van der Waals surface area contributed by atoms with Crippen molar-refractivity contribution in [2.75, 3.05) is 16.2 Å². The number of benzene rings is 2. The molecular formula is C20H17ClN6O3S. The predicted molar refractivity (Wildman–Crippen MR) is 121 cm³/mol. The SMILES string of the molecule is C/C(=N\n1c(N)cc(N)c(C#N)c1=O)c1ccc(NS(=O)(=O)c2ccccc2)c(Cl)c1. The van der Waals surface area contributed by atoms with Crippen molar-refractivity contribution in [1.82, 2.24) is 4.68 Å². The summed E-state index contributed by atoms with van der Waals surface area (Å²) in [6.45, 7) is 1.60. The number of aromatic nitrogens is 1. The Bertz CT molecular complexity index is 1390. The third kappa shape index (κ3) is 4.53. The molecule has 0 fully saturated rings. The molecule has 158 valence electrons. The maximum absolute atomic E-state index is 12.5. The molecule has 5 N–H and O–H groups in total. The van der Waals surface area contributed by atoms with Gasteiger partial charge in [-0.3, -0.25) is 9.52 Å². The summed E-state index contributed by atoms with van der Waals surface area (Å²) in [4.78, 5) is 12.5. The molecule has 1 aromatic heterocycles. The minimum absolute atomic E-state index is 0.0350. The van der Waals surface area contributed by atoms with Crippen LogP contribution in [0, 0.1) is 11.3 Å². The van der Waals surface area contributed by atoms with E-state index in [2.05, 4.69) is 9.82 Å². The first kappa shape index (κ1) is 21.9. The van der Waals surface area contributed by atoms with Crippen LogP contribution in [0.3, 0.4) is 0 Å². The van der Waals surface area contributed by atoms with Crippen LogP contribution in [0.4, 0.5) is 17.2 Å². The monoisotopic (exact) mass is 456 g/mol. The van der Waals surface area contributed by atoms with E-state index in [-0.39, 0.29) is 32.7 Å². The fourth-order valence-electron chi connectivity index (χ4n) is 2.69. The first-order chi connectivity index (χ1) is 14.6. The number of nitriles is 1. The van der Waals surface area contributed by atoms with E-state index in [1.54, 1.807) is 37.3 Å². The molecule has 9 nitrogen and oxygen atoms in total. The molecule has 0 spiro atoms. The first-order valence-corrected chi connectivity index (χ1v) is 10.6. The molecule has 0 atom stereocenters. The highest BCUT2D eigenvalue weighted by Crippen LogP contribution is 2.26. The van der Waals surface area contributed by atoms with Crippen molar-refractivity contribution < 1.29 is 8.42 Å². The molecule has 2 aromatic carbocycles. The Balaban J connectivity index is 1.95. The maximum Gasteiger partial charge on any atom is 0.292 e. The number of nitrogen functional groups attached to an aromatic ring is 2. The third-order valence-electron chi connectivity index (χ3n) is 4.29. The van der Waals surface area contributed by atoms with Crippen molar-refractivity contribution in [2.45, 2.75) is 11.8 Å². The Morgan fingerprint density at radius 3 is 2.45 bits per heavy atom. The molecule has 3 rings (SSSR count). The van der Waals surface area contributed by atoms with Gasteiger partial charge in [0.2, 0.25) is 0 Å². The van der Waals surface area contributed by atoms with Gasteiger partial charge in [-0.1, -0.05) is 35.9 Å². The van der Waals surface area contributed by atoms with Gasteiger partial charge in [-0.25, -0.2) is 8.42 Å². The minimum Gasteiger partial charge on any atom is -0.397 e. The van der Waals surface area contributed by atoms with Gasteiger partial charge in [-0.2, -0.15) is 15.0 Å². The highest BCUT2D eigenvalue weighted by atomic mass is 35.5. The average Bonchev–Trinajstić information content (AvgIpc) is 2.73. The van der Waals surface area contributed by atoms with Gasteiger partial charge in [-0.05, 0) is 36.8 Å². The van der Waals surface area contributed by atoms with Gasteiger partial charge in [0.25, 0.3) is 15.6 Å². The van der Waals surface area contributed by atoms with Gasteiger partial charge in [0.05, 0.1) is 27.0 Å². The number of anilines is 3. The van der Waals surface area contributed by atoms with E-state index in [1.165, 1.54) is 30.3 Å². The molecule has 0 aliphatic rings. The summed E-state index contributed by atoms with van der Waals surface area (Å²) in [7, 11) is -3.81. The van der Waals surface area contributed by atoms with E-state index in [1.807, 2.05) is 0 Å². The summed E-state index contributed by atoms with van der Waals surface area (Å²) in [6, 6.07) is 15.4. The third-order valence-corrected chi connectivity index (χ3v) is 5.98. The molecule has 0 bridgehead atoms. The van der Waals surface area contributed by atoms with Gasteiger partial charge in [-0.15, -0.1) is 0 Å². The zero-order chi connectivity index (χ0) is 22.8. The second-order valence-corrected chi connectivity index (χ2v) is 8.52. The number of nitrogens with one attached hydrogen (secondary N) is 1. The van der Waals surface area contributed by atoms with Crippen molar-refractivity contribution in [3.05, 3.63) is 81.1 Å². The molecule has 3 aromatic rings.